The van der Waals surface area contributed by atoms with Gasteiger partial charge in [-0.05, 0) is 37.1 Å². The largest absolute Gasteiger partial charge is 0.416 e. The van der Waals surface area contributed by atoms with Crippen molar-refractivity contribution in [1.82, 2.24) is 0 Å². The first-order chi connectivity index (χ1) is 6.45. The van der Waals surface area contributed by atoms with Crippen LogP contribution < -0.4 is 0 Å². The summed E-state index contributed by atoms with van der Waals surface area (Å²) in [5.74, 6) is 0. The number of rotatable bonds is 1. The van der Waals surface area contributed by atoms with E-state index in [1.165, 1.54) is 12.1 Å². The van der Waals surface area contributed by atoms with E-state index in [0.717, 1.165) is 17.7 Å². The van der Waals surface area contributed by atoms with Crippen LogP contribution in [0.1, 0.15) is 18.1 Å². The fraction of sp³-hybridized carbons (Fsp3) is 0.182. The van der Waals surface area contributed by atoms with Gasteiger partial charge in [0, 0.05) is 0 Å². The number of alkyl halides is 3. The van der Waals surface area contributed by atoms with Crippen molar-refractivity contribution in [2.45, 2.75) is 13.1 Å². The van der Waals surface area contributed by atoms with Crippen molar-refractivity contribution in [3.8, 4) is 0 Å². The predicted molar refractivity (Wildman–Crippen MR) is 50.5 cm³/mol. The van der Waals surface area contributed by atoms with Gasteiger partial charge in [-0.25, -0.2) is 0 Å². The molecule has 3 heteroatoms. The van der Waals surface area contributed by atoms with Gasteiger partial charge in [-0.1, -0.05) is 18.2 Å². The molecule has 1 rings (SSSR count). The number of allylic oxidation sites excluding steroid dienone is 2. The van der Waals surface area contributed by atoms with E-state index in [4.69, 9.17) is 0 Å². The van der Waals surface area contributed by atoms with E-state index in [0.29, 0.717) is 5.56 Å². The Kier molecular flexibility index (Phi) is 2.99. The Labute approximate surface area is 81.1 Å². The van der Waals surface area contributed by atoms with Gasteiger partial charge in [-0.3, -0.25) is 0 Å². The second-order valence-corrected chi connectivity index (χ2v) is 2.97. The molecule has 0 unspecified atom stereocenters. The van der Waals surface area contributed by atoms with E-state index in [1.807, 2.05) is 0 Å². The summed E-state index contributed by atoms with van der Waals surface area (Å²) in [7, 11) is 0. The Balaban J connectivity index is 3.14. The second kappa shape index (κ2) is 3.86. The van der Waals surface area contributed by atoms with Crippen LogP contribution in [-0.2, 0) is 6.18 Å². The van der Waals surface area contributed by atoms with E-state index in [1.54, 1.807) is 13.0 Å². The molecule has 0 heterocycles. The summed E-state index contributed by atoms with van der Waals surface area (Å²) in [5.41, 5.74) is 0.655. The average Bonchev–Trinajstić information content (AvgIpc) is 2.15. The Morgan fingerprint density at radius 2 is 2.00 bits per heavy atom. The van der Waals surface area contributed by atoms with Gasteiger partial charge in [0.05, 0.1) is 5.56 Å². The summed E-state index contributed by atoms with van der Waals surface area (Å²) in [5, 5.41) is 0. The van der Waals surface area contributed by atoms with Gasteiger partial charge in [-0.15, -0.1) is 0 Å². The first kappa shape index (κ1) is 10.8. The van der Waals surface area contributed by atoms with Crippen molar-refractivity contribution in [3.63, 3.8) is 0 Å². The average molecular weight is 199 g/mol. The lowest BCUT2D eigenvalue weighted by Gasteiger charge is -2.08. The third-order valence-corrected chi connectivity index (χ3v) is 1.95. The zero-order valence-electron chi connectivity index (χ0n) is 7.73. The summed E-state index contributed by atoms with van der Waals surface area (Å²) in [6.07, 6.45) is -2.74. The highest BCUT2D eigenvalue weighted by atomic mass is 19.4. The summed E-state index contributed by atoms with van der Waals surface area (Å²) in [6.45, 7) is 5.24. The molecule has 0 spiro atoms. The maximum absolute atomic E-state index is 12.3. The molecule has 1 radical (unpaired) electrons. The molecule has 0 saturated carbocycles. The molecule has 1 aromatic rings. The standard InChI is InChI=1S/C11H10F3/c1-3-8(2)9-5-4-6-10(7-9)11(12,13)14/h3-7H,1H2,2H3/b8-3-. The molecule has 0 aliphatic carbocycles. The van der Waals surface area contributed by atoms with Crippen LogP contribution in [0.3, 0.4) is 0 Å². The molecule has 14 heavy (non-hydrogen) atoms. The van der Waals surface area contributed by atoms with E-state index in [2.05, 4.69) is 6.92 Å². The van der Waals surface area contributed by atoms with Gasteiger partial charge in [0.25, 0.3) is 0 Å². The fourth-order valence-electron chi connectivity index (χ4n) is 1.06. The van der Waals surface area contributed by atoms with Crippen molar-refractivity contribution in [1.29, 1.82) is 0 Å². The molecule has 0 nitrogen and oxygen atoms in total. The van der Waals surface area contributed by atoms with E-state index >= 15 is 0 Å². The van der Waals surface area contributed by atoms with Crippen LogP contribution in [0.4, 0.5) is 13.2 Å². The first-order valence-corrected chi connectivity index (χ1v) is 4.09. The third-order valence-electron chi connectivity index (χ3n) is 1.95. The molecule has 0 atom stereocenters. The normalized spacial score (nSPS) is 13.1. The zero-order chi connectivity index (χ0) is 10.8. The third kappa shape index (κ3) is 2.37. The van der Waals surface area contributed by atoms with Crippen LogP contribution in [0, 0.1) is 6.92 Å². The maximum Gasteiger partial charge on any atom is 0.416 e. The van der Waals surface area contributed by atoms with Gasteiger partial charge in [0.1, 0.15) is 0 Å². The fourth-order valence-corrected chi connectivity index (χ4v) is 1.06. The Morgan fingerprint density at radius 1 is 1.36 bits per heavy atom. The minimum Gasteiger partial charge on any atom is -0.166 e. The number of halogens is 3. The molecule has 1 aromatic carbocycles. The minimum atomic E-state index is -4.28. The maximum atomic E-state index is 12.3. The Morgan fingerprint density at radius 3 is 2.50 bits per heavy atom. The summed E-state index contributed by atoms with van der Waals surface area (Å²) < 4.78 is 36.9. The highest BCUT2D eigenvalue weighted by Crippen LogP contribution is 2.30. The predicted octanol–water partition coefficient (Wildman–Crippen LogP) is 3.94. The van der Waals surface area contributed by atoms with Crippen molar-refractivity contribution in [2.75, 3.05) is 0 Å². The summed E-state index contributed by atoms with van der Waals surface area (Å²) in [6, 6.07) is 5.20. The van der Waals surface area contributed by atoms with Crippen LogP contribution in [0.2, 0.25) is 0 Å². The van der Waals surface area contributed by atoms with Crippen LogP contribution in [0.15, 0.2) is 30.3 Å². The number of hydrogen-bond acceptors (Lipinski definition) is 0. The van der Waals surface area contributed by atoms with Crippen LogP contribution >= 0.6 is 0 Å². The molecule has 0 bridgehead atoms. The molecule has 75 valence electrons. The Hall–Kier alpha value is -1.25. The quantitative estimate of drug-likeness (QED) is 0.642. The van der Waals surface area contributed by atoms with Gasteiger partial charge in [0.2, 0.25) is 0 Å². The van der Waals surface area contributed by atoms with Crippen LogP contribution in [0.25, 0.3) is 5.57 Å². The van der Waals surface area contributed by atoms with Crippen molar-refractivity contribution in [3.05, 3.63) is 48.4 Å². The van der Waals surface area contributed by atoms with Crippen molar-refractivity contribution in [2.24, 2.45) is 0 Å². The molecule has 0 saturated heterocycles. The SMILES string of the molecule is [CH2]/C=C(/C)c1cccc(C(F)(F)F)c1. The highest BCUT2D eigenvalue weighted by Gasteiger charge is 2.30. The molecule has 0 fully saturated rings. The molecule has 0 amide bonds. The van der Waals surface area contributed by atoms with Gasteiger partial charge >= 0.3 is 6.18 Å². The van der Waals surface area contributed by atoms with E-state index in [9.17, 15) is 13.2 Å². The topological polar surface area (TPSA) is 0 Å². The van der Waals surface area contributed by atoms with Crippen LogP contribution in [0.5, 0.6) is 0 Å². The van der Waals surface area contributed by atoms with Gasteiger partial charge < -0.3 is 0 Å². The molecule has 0 aliphatic heterocycles. The van der Waals surface area contributed by atoms with Gasteiger partial charge in [0.15, 0.2) is 0 Å². The zero-order valence-corrected chi connectivity index (χ0v) is 7.73. The lowest BCUT2D eigenvalue weighted by atomic mass is 10.0. The summed E-state index contributed by atoms with van der Waals surface area (Å²) >= 11 is 0. The molecular weight excluding hydrogens is 189 g/mol. The minimum absolute atomic E-state index is 0.551. The van der Waals surface area contributed by atoms with Crippen molar-refractivity contribution < 1.29 is 13.2 Å². The lowest BCUT2D eigenvalue weighted by molar-refractivity contribution is -0.137. The Bertz CT molecular complexity index is 348. The van der Waals surface area contributed by atoms with Crippen LogP contribution in [-0.4, -0.2) is 0 Å². The number of hydrogen-bond donors (Lipinski definition) is 0. The molecule has 0 aliphatic rings. The van der Waals surface area contributed by atoms with Crippen molar-refractivity contribution >= 4 is 5.57 Å². The van der Waals surface area contributed by atoms with Gasteiger partial charge in [-0.2, -0.15) is 13.2 Å². The summed E-state index contributed by atoms with van der Waals surface area (Å²) in [4.78, 5) is 0. The van der Waals surface area contributed by atoms with E-state index < -0.39 is 11.7 Å². The molecule has 0 aromatic heterocycles. The first-order valence-electron chi connectivity index (χ1n) is 4.09. The van der Waals surface area contributed by atoms with E-state index in [-0.39, 0.29) is 0 Å². The lowest BCUT2D eigenvalue weighted by Crippen LogP contribution is -2.04. The smallest absolute Gasteiger partial charge is 0.166 e. The highest BCUT2D eigenvalue weighted by molar-refractivity contribution is 5.64. The number of benzene rings is 1. The second-order valence-electron chi connectivity index (χ2n) is 2.97. The molecule has 0 N–H and O–H groups in total. The monoisotopic (exact) mass is 199 g/mol. The molecular formula is C11H10F3.